The Bertz CT molecular complexity index is 2470. The first-order valence-corrected chi connectivity index (χ1v) is 15.2. The van der Waals surface area contributed by atoms with Crippen molar-refractivity contribution >= 4 is 43.4 Å². The molecule has 0 atom stereocenters. The highest BCUT2D eigenvalue weighted by Gasteiger charge is 2.19. The first kappa shape index (κ1) is 25.4. The lowest BCUT2D eigenvalue weighted by Gasteiger charge is -2.18. The van der Waals surface area contributed by atoms with E-state index in [1.807, 2.05) is 30.6 Å². The number of nitrogens with zero attached hydrogens (tertiary/aromatic N) is 3. The van der Waals surface area contributed by atoms with Crippen LogP contribution in [0.5, 0.6) is 0 Å². The van der Waals surface area contributed by atoms with Crippen LogP contribution in [-0.2, 0) is 0 Å². The highest BCUT2D eigenvalue weighted by atomic mass is 15.1. The molecule has 7 aromatic carbocycles. The Morgan fingerprint density at radius 1 is 0.422 bits per heavy atom. The minimum atomic E-state index is 0.912. The second kappa shape index (κ2) is 10.3. The molecular formula is C42H27N3. The Labute approximate surface area is 260 Å². The normalized spacial score (nSPS) is 11.6. The van der Waals surface area contributed by atoms with Gasteiger partial charge in [-0.15, -0.1) is 0 Å². The number of fused-ring (bicyclic) bond motifs is 4. The van der Waals surface area contributed by atoms with Gasteiger partial charge in [0.1, 0.15) is 5.82 Å². The highest BCUT2D eigenvalue weighted by molar-refractivity contribution is 6.22. The molecule has 210 valence electrons. The van der Waals surface area contributed by atoms with Crippen LogP contribution < -0.4 is 0 Å². The van der Waals surface area contributed by atoms with Crippen LogP contribution in [-0.4, -0.2) is 14.5 Å². The Hall–Kier alpha value is -6.06. The van der Waals surface area contributed by atoms with Gasteiger partial charge in [0, 0.05) is 18.0 Å². The van der Waals surface area contributed by atoms with Crippen molar-refractivity contribution in [2.45, 2.75) is 0 Å². The summed E-state index contributed by atoms with van der Waals surface area (Å²) in [4.78, 5) is 9.50. The minimum absolute atomic E-state index is 0.912. The largest absolute Gasteiger partial charge is 0.292 e. The number of aromatic nitrogens is 3. The van der Waals surface area contributed by atoms with E-state index in [0.717, 1.165) is 33.7 Å². The number of hydrogen-bond donors (Lipinski definition) is 0. The molecule has 3 heteroatoms. The molecule has 0 bridgehead atoms. The van der Waals surface area contributed by atoms with Gasteiger partial charge >= 0.3 is 0 Å². The Morgan fingerprint density at radius 3 is 1.64 bits per heavy atom. The molecular weight excluding hydrogens is 546 g/mol. The van der Waals surface area contributed by atoms with Crippen molar-refractivity contribution in [3.05, 3.63) is 164 Å². The zero-order valence-corrected chi connectivity index (χ0v) is 24.4. The van der Waals surface area contributed by atoms with E-state index < -0.39 is 0 Å². The van der Waals surface area contributed by atoms with Crippen molar-refractivity contribution in [1.29, 1.82) is 0 Å². The van der Waals surface area contributed by atoms with Crippen LogP contribution in [0, 0.1) is 0 Å². The van der Waals surface area contributed by atoms with Crippen LogP contribution in [0.3, 0.4) is 0 Å². The Morgan fingerprint density at radius 2 is 0.978 bits per heavy atom. The number of rotatable bonds is 4. The average molecular weight is 574 g/mol. The van der Waals surface area contributed by atoms with Crippen LogP contribution in [0.4, 0.5) is 0 Å². The smallest absolute Gasteiger partial charge is 0.145 e. The Balaban J connectivity index is 1.32. The maximum atomic E-state index is 5.24. The first-order chi connectivity index (χ1) is 22.3. The van der Waals surface area contributed by atoms with E-state index in [0.29, 0.717) is 0 Å². The van der Waals surface area contributed by atoms with E-state index in [1.54, 1.807) is 0 Å². The van der Waals surface area contributed by atoms with E-state index in [4.69, 9.17) is 4.98 Å². The molecule has 9 aromatic rings. The van der Waals surface area contributed by atoms with E-state index in [9.17, 15) is 0 Å². The lowest BCUT2D eigenvalue weighted by molar-refractivity contribution is 1.09. The van der Waals surface area contributed by atoms with Crippen LogP contribution in [0.15, 0.2) is 164 Å². The molecule has 0 aliphatic rings. The van der Waals surface area contributed by atoms with Crippen molar-refractivity contribution in [3.63, 3.8) is 0 Å². The van der Waals surface area contributed by atoms with Crippen molar-refractivity contribution < 1.29 is 0 Å². The van der Waals surface area contributed by atoms with Gasteiger partial charge in [-0.05, 0) is 84.9 Å². The molecule has 2 aromatic heterocycles. The SMILES string of the molecule is c1ccc(-c2nc3cc(-c4c5ccccc5c(-c5ccc6ccccc6c5)c5ccccc45)ccc3n2-c2ccncc2)cc1. The molecule has 0 aliphatic heterocycles. The van der Waals surface area contributed by atoms with E-state index in [2.05, 4.69) is 143 Å². The van der Waals surface area contributed by atoms with Crippen LogP contribution >= 0.6 is 0 Å². The molecule has 0 N–H and O–H groups in total. The van der Waals surface area contributed by atoms with Crippen LogP contribution in [0.25, 0.3) is 82.7 Å². The fourth-order valence-corrected chi connectivity index (χ4v) is 6.87. The quantitative estimate of drug-likeness (QED) is 0.196. The summed E-state index contributed by atoms with van der Waals surface area (Å²) in [5, 5.41) is 7.45. The molecule has 0 saturated carbocycles. The van der Waals surface area contributed by atoms with Gasteiger partial charge in [0.25, 0.3) is 0 Å². The summed E-state index contributed by atoms with van der Waals surface area (Å²) in [6.07, 6.45) is 3.67. The van der Waals surface area contributed by atoms with Gasteiger partial charge in [0.15, 0.2) is 0 Å². The van der Waals surface area contributed by atoms with Gasteiger partial charge in [0.05, 0.1) is 16.7 Å². The molecule has 0 saturated heterocycles. The van der Waals surface area contributed by atoms with Gasteiger partial charge in [-0.2, -0.15) is 0 Å². The highest BCUT2D eigenvalue weighted by Crippen LogP contribution is 2.44. The molecule has 45 heavy (non-hydrogen) atoms. The fourth-order valence-electron chi connectivity index (χ4n) is 6.87. The van der Waals surface area contributed by atoms with Gasteiger partial charge in [-0.25, -0.2) is 4.98 Å². The second-order valence-corrected chi connectivity index (χ2v) is 11.4. The molecule has 9 rings (SSSR count). The van der Waals surface area contributed by atoms with Crippen molar-refractivity contribution in [2.24, 2.45) is 0 Å². The zero-order chi connectivity index (χ0) is 29.7. The predicted octanol–water partition coefficient (Wildman–Crippen LogP) is 10.9. The van der Waals surface area contributed by atoms with Crippen molar-refractivity contribution in [2.75, 3.05) is 0 Å². The summed E-state index contributed by atoms with van der Waals surface area (Å²) in [6, 6.07) is 54.2. The Kier molecular flexibility index (Phi) is 5.82. The molecule has 0 unspecified atom stereocenters. The summed E-state index contributed by atoms with van der Waals surface area (Å²) in [7, 11) is 0. The van der Waals surface area contributed by atoms with Crippen molar-refractivity contribution in [1.82, 2.24) is 14.5 Å². The molecule has 0 aliphatic carbocycles. The van der Waals surface area contributed by atoms with Gasteiger partial charge in [-0.3, -0.25) is 9.55 Å². The molecule has 0 amide bonds. The molecule has 0 spiro atoms. The monoisotopic (exact) mass is 573 g/mol. The number of pyridine rings is 1. The summed E-state index contributed by atoms with van der Waals surface area (Å²) in [6.45, 7) is 0. The summed E-state index contributed by atoms with van der Waals surface area (Å²) < 4.78 is 2.23. The van der Waals surface area contributed by atoms with Gasteiger partial charge < -0.3 is 0 Å². The second-order valence-electron chi connectivity index (χ2n) is 11.4. The van der Waals surface area contributed by atoms with E-state index >= 15 is 0 Å². The lowest BCUT2D eigenvalue weighted by Crippen LogP contribution is -1.97. The average Bonchev–Trinajstić information content (AvgIpc) is 3.50. The van der Waals surface area contributed by atoms with Crippen molar-refractivity contribution in [3.8, 4) is 39.3 Å². The number of benzene rings is 7. The van der Waals surface area contributed by atoms with Crippen LogP contribution in [0.2, 0.25) is 0 Å². The lowest BCUT2D eigenvalue weighted by atomic mass is 9.85. The molecule has 3 nitrogen and oxygen atoms in total. The van der Waals surface area contributed by atoms with Gasteiger partial charge in [-0.1, -0.05) is 121 Å². The van der Waals surface area contributed by atoms with Gasteiger partial charge in [0.2, 0.25) is 0 Å². The summed E-state index contributed by atoms with van der Waals surface area (Å²) >= 11 is 0. The topological polar surface area (TPSA) is 30.7 Å². The third-order valence-electron chi connectivity index (χ3n) is 8.87. The third kappa shape index (κ3) is 4.13. The zero-order valence-electron chi connectivity index (χ0n) is 24.4. The number of hydrogen-bond acceptors (Lipinski definition) is 2. The summed E-state index contributed by atoms with van der Waals surface area (Å²) in [5.74, 6) is 0.912. The van der Waals surface area contributed by atoms with E-state index in [1.165, 1.54) is 49.0 Å². The first-order valence-electron chi connectivity index (χ1n) is 15.2. The number of imidazole rings is 1. The molecule has 0 radical (unpaired) electrons. The standard InChI is InChI=1S/C42H27N3/c1-2-11-29(12-3-1)42-44-38-27-32(20-21-39(38)45(42)33-22-24-43-25-23-33)41-36-16-8-6-14-34(36)40(35-15-7-9-17-37(35)41)31-19-18-28-10-4-5-13-30(28)26-31/h1-27H. The fraction of sp³-hybridized carbons (Fsp3) is 0. The van der Waals surface area contributed by atoms with Crippen LogP contribution in [0.1, 0.15) is 0 Å². The molecule has 0 fully saturated rings. The minimum Gasteiger partial charge on any atom is -0.292 e. The maximum absolute atomic E-state index is 5.24. The third-order valence-corrected chi connectivity index (χ3v) is 8.87. The predicted molar refractivity (Wildman–Crippen MR) is 188 cm³/mol. The maximum Gasteiger partial charge on any atom is 0.145 e. The van der Waals surface area contributed by atoms with E-state index in [-0.39, 0.29) is 0 Å². The molecule has 2 heterocycles. The summed E-state index contributed by atoms with van der Waals surface area (Å²) in [5.41, 5.74) is 9.00.